The molecule has 11 nitrogen and oxygen atoms in total. The Morgan fingerprint density at radius 2 is 1.96 bits per heavy atom. The molecule has 2 saturated heterocycles. The van der Waals surface area contributed by atoms with Gasteiger partial charge in [-0.3, -0.25) is 15.1 Å². The van der Waals surface area contributed by atoms with Crippen LogP contribution in [0.2, 0.25) is 0 Å². The van der Waals surface area contributed by atoms with Crippen LogP contribution in [-0.2, 0) is 4.74 Å². The molecule has 3 aliphatic heterocycles. The monoisotopic (exact) mass is 382 g/mol. The van der Waals surface area contributed by atoms with E-state index in [-0.39, 0.29) is 5.69 Å². The number of carbonyl (C=O) groups is 1. The molecular weight excluding hydrogens is 356 g/mol. The van der Waals surface area contributed by atoms with Crippen LogP contribution in [0.5, 0.6) is 0 Å². The molecule has 1 aromatic rings. The zero-order chi connectivity index (χ0) is 19.3. The molecule has 4 rings (SSSR count). The molecular formula is C16H26N6O5. The van der Waals surface area contributed by atoms with Crippen LogP contribution in [0.1, 0.15) is 36.5 Å². The summed E-state index contributed by atoms with van der Waals surface area (Å²) in [5, 5.41) is 35.6. The molecule has 0 radical (unpaired) electrons. The molecule has 27 heavy (non-hydrogen) atoms. The first-order valence-corrected chi connectivity index (χ1v) is 9.23. The van der Waals surface area contributed by atoms with Gasteiger partial charge in [0.2, 0.25) is 5.95 Å². The van der Waals surface area contributed by atoms with Crippen molar-refractivity contribution in [2.75, 3.05) is 29.9 Å². The van der Waals surface area contributed by atoms with E-state index < -0.39 is 43.3 Å². The number of nitrogens with two attached hydrogens (primary N) is 1. The first kappa shape index (κ1) is 18.4. The Morgan fingerprint density at radius 3 is 2.59 bits per heavy atom. The van der Waals surface area contributed by atoms with Gasteiger partial charge in [0.1, 0.15) is 24.1 Å². The second-order valence-corrected chi connectivity index (χ2v) is 7.47. The second kappa shape index (κ2) is 6.91. The molecule has 150 valence electrons. The average Bonchev–Trinajstić information content (AvgIpc) is 3.14. The highest BCUT2D eigenvalue weighted by atomic mass is 16.6. The number of anilines is 2. The van der Waals surface area contributed by atoms with Crippen molar-refractivity contribution in [1.29, 1.82) is 0 Å². The number of hydrogen-bond acceptors (Lipinski definition) is 9. The normalized spacial score (nSPS) is 34.3. The van der Waals surface area contributed by atoms with Gasteiger partial charge in [-0.05, 0) is 18.8 Å². The molecule has 0 bridgehead atoms. The minimum absolute atomic E-state index is 0.156. The SMILES string of the molecule is CC1CCN(c2nc3c(n2C2OC(CO)C(O)C2O)NC(N)NC3=O)CC1. The Bertz CT molecular complexity index is 718. The fraction of sp³-hybridized carbons (Fsp3) is 0.750. The van der Waals surface area contributed by atoms with Crippen LogP contribution in [0, 0.1) is 5.92 Å². The van der Waals surface area contributed by atoms with Crippen molar-refractivity contribution in [1.82, 2.24) is 14.9 Å². The summed E-state index contributed by atoms with van der Waals surface area (Å²) < 4.78 is 7.28. The molecule has 0 aliphatic carbocycles. The largest absolute Gasteiger partial charge is 0.394 e. The minimum atomic E-state index is -1.29. The van der Waals surface area contributed by atoms with Gasteiger partial charge < -0.3 is 35.6 Å². The topological polar surface area (TPSA) is 158 Å². The Kier molecular flexibility index (Phi) is 4.72. The summed E-state index contributed by atoms with van der Waals surface area (Å²) >= 11 is 0. The molecule has 0 spiro atoms. The third-order valence-electron chi connectivity index (χ3n) is 5.52. The lowest BCUT2D eigenvalue weighted by Gasteiger charge is -2.33. The van der Waals surface area contributed by atoms with Gasteiger partial charge in [0.05, 0.1) is 6.61 Å². The number of carbonyl (C=O) groups excluding carboxylic acids is 1. The van der Waals surface area contributed by atoms with E-state index in [9.17, 15) is 20.1 Å². The van der Waals surface area contributed by atoms with Crippen molar-refractivity contribution in [2.24, 2.45) is 11.7 Å². The third-order valence-corrected chi connectivity index (χ3v) is 5.52. The number of nitrogens with one attached hydrogen (secondary N) is 2. The lowest BCUT2D eigenvalue weighted by molar-refractivity contribution is -0.0513. The first-order chi connectivity index (χ1) is 12.9. The predicted molar refractivity (Wildman–Crippen MR) is 94.9 cm³/mol. The number of ether oxygens (including phenoxy) is 1. The van der Waals surface area contributed by atoms with E-state index in [1.807, 2.05) is 4.90 Å². The maximum Gasteiger partial charge on any atom is 0.276 e. The van der Waals surface area contributed by atoms with Crippen molar-refractivity contribution in [3.63, 3.8) is 0 Å². The molecule has 1 aromatic heterocycles. The standard InChI is InChI=1S/C16H26N6O5/c1-7-2-4-21(5-3-7)16-18-9-12(19-15(17)20-13(9)26)22(16)14-11(25)10(24)8(6-23)27-14/h7-8,10-11,14-15,19,23-25H,2-6,17H2,1H3,(H,20,26). The summed E-state index contributed by atoms with van der Waals surface area (Å²) in [6, 6.07) is 0. The number of hydrogen-bond donors (Lipinski definition) is 6. The first-order valence-electron chi connectivity index (χ1n) is 9.23. The maximum atomic E-state index is 12.4. The Labute approximate surface area is 156 Å². The van der Waals surface area contributed by atoms with Crippen molar-refractivity contribution in [2.45, 2.75) is 50.6 Å². The number of rotatable bonds is 3. The van der Waals surface area contributed by atoms with Crippen LogP contribution in [0.25, 0.3) is 0 Å². The van der Waals surface area contributed by atoms with Crippen molar-refractivity contribution < 1.29 is 24.9 Å². The molecule has 2 fully saturated rings. The number of imidazole rings is 1. The van der Waals surface area contributed by atoms with Gasteiger partial charge in [-0.2, -0.15) is 0 Å². The lowest BCUT2D eigenvalue weighted by atomic mass is 10.00. The van der Waals surface area contributed by atoms with Gasteiger partial charge in [-0.25, -0.2) is 4.98 Å². The van der Waals surface area contributed by atoms with Crippen molar-refractivity contribution >= 4 is 17.7 Å². The highest BCUT2D eigenvalue weighted by molar-refractivity contribution is 5.99. The zero-order valence-corrected chi connectivity index (χ0v) is 15.1. The summed E-state index contributed by atoms with van der Waals surface area (Å²) in [5.74, 6) is 0.976. The second-order valence-electron chi connectivity index (χ2n) is 7.47. The van der Waals surface area contributed by atoms with Crippen LogP contribution in [-0.4, -0.2) is 75.1 Å². The van der Waals surface area contributed by atoms with Crippen molar-refractivity contribution in [3.8, 4) is 0 Å². The molecule has 11 heteroatoms. The van der Waals surface area contributed by atoms with Gasteiger partial charge in [0.25, 0.3) is 5.91 Å². The maximum absolute atomic E-state index is 12.4. The molecule has 5 unspecified atom stereocenters. The Balaban J connectivity index is 1.77. The van der Waals surface area contributed by atoms with Gasteiger partial charge in [0, 0.05) is 13.1 Å². The predicted octanol–water partition coefficient (Wildman–Crippen LogP) is -1.87. The van der Waals surface area contributed by atoms with Gasteiger partial charge in [-0.15, -0.1) is 0 Å². The number of aliphatic hydroxyl groups excluding tert-OH is 3. The van der Waals surface area contributed by atoms with Crippen LogP contribution in [0.15, 0.2) is 0 Å². The summed E-state index contributed by atoms with van der Waals surface area (Å²) in [6.07, 6.45) is -3.33. The van der Waals surface area contributed by atoms with E-state index in [1.165, 1.54) is 0 Å². The molecule has 3 aliphatic rings. The lowest BCUT2D eigenvalue weighted by Crippen LogP contribution is -2.51. The summed E-state index contributed by atoms with van der Waals surface area (Å²) in [6.45, 7) is 3.25. The van der Waals surface area contributed by atoms with E-state index in [4.69, 9.17) is 10.5 Å². The third kappa shape index (κ3) is 3.05. The van der Waals surface area contributed by atoms with E-state index in [0.29, 0.717) is 17.7 Å². The molecule has 4 heterocycles. The molecule has 5 atom stereocenters. The molecule has 1 amide bonds. The number of aromatic nitrogens is 2. The fourth-order valence-corrected chi connectivity index (χ4v) is 3.88. The number of amides is 1. The van der Waals surface area contributed by atoms with Crippen molar-refractivity contribution in [3.05, 3.63) is 5.69 Å². The van der Waals surface area contributed by atoms with E-state index in [0.717, 1.165) is 25.9 Å². The fourth-order valence-electron chi connectivity index (χ4n) is 3.88. The Hall–Kier alpha value is -1.92. The highest BCUT2D eigenvalue weighted by Crippen LogP contribution is 2.38. The number of fused-ring (bicyclic) bond motifs is 1. The summed E-state index contributed by atoms with van der Waals surface area (Å²) in [4.78, 5) is 18.9. The molecule has 0 saturated carbocycles. The highest BCUT2D eigenvalue weighted by Gasteiger charge is 2.47. The van der Waals surface area contributed by atoms with E-state index in [1.54, 1.807) is 4.57 Å². The summed E-state index contributed by atoms with van der Waals surface area (Å²) in [7, 11) is 0. The van der Waals surface area contributed by atoms with Gasteiger partial charge >= 0.3 is 0 Å². The minimum Gasteiger partial charge on any atom is -0.394 e. The number of nitrogens with zero attached hydrogens (tertiary/aromatic N) is 3. The molecule has 7 N–H and O–H groups in total. The zero-order valence-electron chi connectivity index (χ0n) is 15.1. The summed E-state index contributed by atoms with van der Waals surface area (Å²) in [5.41, 5.74) is 5.99. The van der Waals surface area contributed by atoms with E-state index >= 15 is 0 Å². The van der Waals surface area contributed by atoms with Crippen LogP contribution < -0.4 is 21.3 Å². The smallest absolute Gasteiger partial charge is 0.276 e. The number of aliphatic hydroxyl groups is 3. The van der Waals surface area contributed by atoms with Crippen LogP contribution in [0.4, 0.5) is 11.8 Å². The quantitative estimate of drug-likeness (QED) is 0.352. The molecule has 0 aromatic carbocycles. The van der Waals surface area contributed by atoms with E-state index in [2.05, 4.69) is 22.5 Å². The van der Waals surface area contributed by atoms with Gasteiger partial charge in [0.15, 0.2) is 18.2 Å². The number of piperidine rings is 1. The Morgan fingerprint density at radius 1 is 1.26 bits per heavy atom. The van der Waals surface area contributed by atoms with Gasteiger partial charge in [-0.1, -0.05) is 6.92 Å². The van der Waals surface area contributed by atoms with Crippen LogP contribution in [0.3, 0.4) is 0 Å². The van der Waals surface area contributed by atoms with Crippen LogP contribution >= 0.6 is 0 Å². The average molecular weight is 382 g/mol.